The summed E-state index contributed by atoms with van der Waals surface area (Å²) in [5.74, 6) is -1.10. The van der Waals surface area contributed by atoms with Crippen LogP contribution in [0.4, 0.5) is 9.18 Å². The number of rotatable bonds is 5. The van der Waals surface area contributed by atoms with Gasteiger partial charge in [0, 0.05) is 39.1 Å². The molecule has 7 nitrogen and oxygen atoms in total. The average Bonchev–Trinajstić information content (AvgIpc) is 2.61. The monoisotopic (exact) mass is 385 g/mol. The maximum atomic E-state index is 13.0. The second-order valence-electron chi connectivity index (χ2n) is 5.70. The summed E-state index contributed by atoms with van der Waals surface area (Å²) in [6.07, 6.45) is -0.243. The molecule has 26 heavy (non-hydrogen) atoms. The minimum absolute atomic E-state index is 0.0175. The summed E-state index contributed by atoms with van der Waals surface area (Å²) >= 11 is 5.83. The van der Waals surface area contributed by atoms with E-state index in [1.807, 2.05) is 0 Å². The summed E-state index contributed by atoms with van der Waals surface area (Å²) in [6, 6.07) is 3.50. The topological polar surface area (TPSA) is 79.0 Å². The molecule has 0 spiro atoms. The minimum atomic E-state index is -0.524. The van der Waals surface area contributed by atoms with E-state index in [-0.39, 0.29) is 35.6 Å². The van der Waals surface area contributed by atoms with Gasteiger partial charge in [-0.3, -0.25) is 9.59 Å². The Labute approximate surface area is 156 Å². The van der Waals surface area contributed by atoms with Crippen LogP contribution in [0.15, 0.2) is 18.2 Å². The highest BCUT2D eigenvalue weighted by atomic mass is 35.5. The third kappa shape index (κ3) is 5.32. The van der Waals surface area contributed by atoms with E-state index in [0.29, 0.717) is 32.8 Å². The number of nitrogens with zero attached hydrogens (tertiary/aromatic N) is 2. The van der Waals surface area contributed by atoms with Crippen molar-refractivity contribution in [2.45, 2.75) is 13.3 Å². The van der Waals surface area contributed by atoms with Crippen LogP contribution < -0.4 is 5.32 Å². The molecule has 1 aliphatic rings. The Morgan fingerprint density at radius 3 is 2.46 bits per heavy atom. The molecule has 0 aromatic heterocycles. The summed E-state index contributed by atoms with van der Waals surface area (Å²) in [6.45, 7) is 3.89. The zero-order valence-electron chi connectivity index (χ0n) is 14.5. The number of nitrogens with one attached hydrogen (secondary N) is 1. The van der Waals surface area contributed by atoms with Gasteiger partial charge in [-0.1, -0.05) is 11.6 Å². The van der Waals surface area contributed by atoms with E-state index in [0.717, 1.165) is 12.1 Å². The Morgan fingerprint density at radius 1 is 1.19 bits per heavy atom. The highest BCUT2D eigenvalue weighted by Crippen LogP contribution is 2.17. The van der Waals surface area contributed by atoms with Gasteiger partial charge in [0.15, 0.2) is 0 Å². The molecule has 0 radical (unpaired) electrons. The largest absolute Gasteiger partial charge is 0.450 e. The first-order valence-electron chi connectivity index (χ1n) is 8.35. The number of carbonyl (C=O) groups excluding carboxylic acids is 3. The Morgan fingerprint density at radius 2 is 1.85 bits per heavy atom. The Bertz CT molecular complexity index is 678. The molecule has 0 bridgehead atoms. The van der Waals surface area contributed by atoms with Crippen molar-refractivity contribution in [3.63, 3.8) is 0 Å². The smallest absolute Gasteiger partial charge is 0.409 e. The number of amides is 3. The van der Waals surface area contributed by atoms with Crippen molar-refractivity contribution < 1.29 is 23.5 Å². The summed E-state index contributed by atoms with van der Waals surface area (Å²) in [5, 5.41) is 2.61. The Balaban J connectivity index is 1.74. The lowest BCUT2D eigenvalue weighted by Gasteiger charge is -2.34. The van der Waals surface area contributed by atoms with Crippen molar-refractivity contribution in [1.82, 2.24) is 15.1 Å². The first-order valence-corrected chi connectivity index (χ1v) is 8.73. The van der Waals surface area contributed by atoms with E-state index in [1.54, 1.807) is 16.7 Å². The SMILES string of the molecule is CCOC(=O)N1CCN(C(=O)CCNC(=O)c2ccc(F)cc2Cl)CC1. The van der Waals surface area contributed by atoms with Crippen LogP contribution in [-0.4, -0.2) is 67.0 Å². The molecule has 142 valence electrons. The molecule has 2 rings (SSSR count). The second kappa shape index (κ2) is 9.38. The molecule has 0 aliphatic carbocycles. The number of halogens is 2. The third-order valence-electron chi connectivity index (χ3n) is 3.96. The molecule has 1 saturated heterocycles. The maximum Gasteiger partial charge on any atom is 0.409 e. The summed E-state index contributed by atoms with van der Waals surface area (Å²) in [4.78, 5) is 39.0. The van der Waals surface area contributed by atoms with Gasteiger partial charge in [0.25, 0.3) is 5.91 Å². The molecule has 0 unspecified atom stereocenters. The highest BCUT2D eigenvalue weighted by molar-refractivity contribution is 6.33. The van der Waals surface area contributed by atoms with Gasteiger partial charge in [0.1, 0.15) is 5.82 Å². The zero-order valence-corrected chi connectivity index (χ0v) is 15.2. The number of hydrogen-bond acceptors (Lipinski definition) is 4. The lowest BCUT2D eigenvalue weighted by Crippen LogP contribution is -2.51. The van der Waals surface area contributed by atoms with Crippen LogP contribution in [0, 0.1) is 5.82 Å². The summed E-state index contributed by atoms with van der Waals surface area (Å²) in [7, 11) is 0. The lowest BCUT2D eigenvalue weighted by atomic mass is 10.2. The standard InChI is InChI=1S/C17H21ClFN3O4/c1-2-26-17(25)22-9-7-21(8-10-22)15(23)5-6-20-16(24)13-4-3-12(19)11-14(13)18/h3-4,11H,2,5-10H2,1H3,(H,20,24). The van der Waals surface area contributed by atoms with Gasteiger partial charge >= 0.3 is 6.09 Å². The fraction of sp³-hybridized carbons (Fsp3) is 0.471. The highest BCUT2D eigenvalue weighted by Gasteiger charge is 2.24. The average molecular weight is 386 g/mol. The normalized spacial score (nSPS) is 14.1. The molecule has 9 heteroatoms. The van der Waals surface area contributed by atoms with Crippen LogP contribution in [0.5, 0.6) is 0 Å². The zero-order chi connectivity index (χ0) is 19.1. The number of hydrogen-bond donors (Lipinski definition) is 1. The van der Waals surface area contributed by atoms with Crippen molar-refractivity contribution in [2.24, 2.45) is 0 Å². The first kappa shape index (κ1) is 20.0. The summed E-state index contributed by atoms with van der Waals surface area (Å²) < 4.78 is 17.9. The van der Waals surface area contributed by atoms with Crippen molar-refractivity contribution in [3.05, 3.63) is 34.6 Å². The lowest BCUT2D eigenvalue weighted by molar-refractivity contribution is -0.132. The molecular formula is C17H21ClFN3O4. The van der Waals surface area contributed by atoms with Gasteiger partial charge < -0.3 is 19.9 Å². The van der Waals surface area contributed by atoms with Crippen LogP contribution in [-0.2, 0) is 9.53 Å². The van der Waals surface area contributed by atoms with Gasteiger partial charge in [0.2, 0.25) is 5.91 Å². The second-order valence-corrected chi connectivity index (χ2v) is 6.10. The van der Waals surface area contributed by atoms with Gasteiger partial charge in [0.05, 0.1) is 17.2 Å². The van der Waals surface area contributed by atoms with Crippen LogP contribution in [0.2, 0.25) is 5.02 Å². The van der Waals surface area contributed by atoms with E-state index in [2.05, 4.69) is 5.32 Å². The molecular weight excluding hydrogens is 365 g/mol. The van der Waals surface area contributed by atoms with E-state index in [1.165, 1.54) is 6.07 Å². The molecule has 1 heterocycles. The van der Waals surface area contributed by atoms with Crippen LogP contribution in [0.3, 0.4) is 0 Å². The van der Waals surface area contributed by atoms with Gasteiger partial charge in [-0.2, -0.15) is 0 Å². The fourth-order valence-corrected chi connectivity index (χ4v) is 2.82. The Hall–Kier alpha value is -2.35. The summed E-state index contributed by atoms with van der Waals surface area (Å²) in [5.41, 5.74) is 0.156. The van der Waals surface area contributed by atoms with Gasteiger partial charge in [-0.15, -0.1) is 0 Å². The van der Waals surface area contributed by atoms with Crippen LogP contribution in [0.25, 0.3) is 0 Å². The predicted octanol–water partition coefficient (Wildman–Crippen LogP) is 1.90. The number of piperazine rings is 1. The first-order chi connectivity index (χ1) is 12.4. The van der Waals surface area contributed by atoms with E-state index in [9.17, 15) is 18.8 Å². The van der Waals surface area contributed by atoms with Crippen molar-refractivity contribution in [1.29, 1.82) is 0 Å². The van der Waals surface area contributed by atoms with Crippen molar-refractivity contribution >= 4 is 29.5 Å². The third-order valence-corrected chi connectivity index (χ3v) is 4.27. The van der Waals surface area contributed by atoms with E-state index < -0.39 is 11.7 Å². The molecule has 1 aliphatic heterocycles. The Kier molecular flexibility index (Phi) is 7.20. The van der Waals surface area contributed by atoms with E-state index in [4.69, 9.17) is 16.3 Å². The van der Waals surface area contributed by atoms with Crippen LogP contribution >= 0.6 is 11.6 Å². The van der Waals surface area contributed by atoms with Gasteiger partial charge in [-0.05, 0) is 25.1 Å². The van der Waals surface area contributed by atoms with Crippen LogP contribution in [0.1, 0.15) is 23.7 Å². The van der Waals surface area contributed by atoms with Gasteiger partial charge in [-0.25, -0.2) is 9.18 Å². The quantitative estimate of drug-likeness (QED) is 0.839. The molecule has 1 aromatic carbocycles. The molecule has 0 saturated carbocycles. The number of carbonyl (C=O) groups is 3. The number of benzene rings is 1. The molecule has 0 atom stereocenters. The van der Waals surface area contributed by atoms with Crippen molar-refractivity contribution in [3.8, 4) is 0 Å². The maximum absolute atomic E-state index is 13.0. The van der Waals surface area contributed by atoms with E-state index >= 15 is 0 Å². The van der Waals surface area contributed by atoms with Crippen molar-refractivity contribution in [2.75, 3.05) is 39.3 Å². The molecule has 3 amide bonds. The number of ether oxygens (including phenoxy) is 1. The molecule has 1 aromatic rings. The molecule has 1 fully saturated rings. The minimum Gasteiger partial charge on any atom is -0.450 e. The fourth-order valence-electron chi connectivity index (χ4n) is 2.56. The predicted molar refractivity (Wildman–Crippen MR) is 93.5 cm³/mol. The molecule has 1 N–H and O–H groups in total.